The number of nitrogens with one attached hydrogen (secondary N) is 1. The van der Waals surface area contributed by atoms with Gasteiger partial charge in [-0.1, -0.05) is 6.07 Å². The van der Waals surface area contributed by atoms with E-state index in [4.69, 9.17) is 20.7 Å². The number of hydrogen-bond donors (Lipinski definition) is 2. The molecule has 0 aromatic carbocycles. The van der Waals surface area contributed by atoms with Crippen LogP contribution in [0, 0.1) is 5.41 Å². The fourth-order valence-electron chi connectivity index (χ4n) is 4.53. The van der Waals surface area contributed by atoms with Gasteiger partial charge in [-0.25, -0.2) is 9.47 Å². The number of amides is 1. The molecule has 216 valence electrons. The maximum atomic E-state index is 14.4. The molecule has 10 nitrogen and oxygen atoms in total. The zero-order valence-electron chi connectivity index (χ0n) is 22.3. The molecule has 3 aromatic rings. The van der Waals surface area contributed by atoms with Crippen molar-refractivity contribution in [3.63, 3.8) is 0 Å². The number of nitrogens with two attached hydrogens (primary N) is 1. The number of ether oxygens (including phenoxy) is 2. The Morgan fingerprint density at radius 3 is 2.40 bits per heavy atom. The Kier molecular flexibility index (Phi) is 8.06. The number of pyridine rings is 2. The predicted molar refractivity (Wildman–Crippen MR) is 140 cm³/mol. The van der Waals surface area contributed by atoms with Crippen LogP contribution in [0.25, 0.3) is 22.6 Å². The summed E-state index contributed by atoms with van der Waals surface area (Å²) < 4.78 is 68.9. The molecule has 4 heterocycles. The smallest absolute Gasteiger partial charge is 0.420 e. The number of piperidine rings is 1. The number of carbonyl (C=O) groups is 1. The lowest BCUT2D eigenvalue weighted by Crippen LogP contribution is -2.41. The van der Waals surface area contributed by atoms with E-state index in [1.54, 1.807) is 31.7 Å². The highest BCUT2D eigenvalue weighted by atomic mass is 32.2. The van der Waals surface area contributed by atoms with Crippen molar-refractivity contribution in [1.82, 2.24) is 23.7 Å². The van der Waals surface area contributed by atoms with Crippen LogP contribution < -0.4 is 16.1 Å². The number of hydrogen-bond acceptors (Lipinski definition) is 8. The number of rotatable bonds is 5. The zero-order valence-corrected chi connectivity index (χ0v) is 23.1. The van der Waals surface area contributed by atoms with E-state index in [2.05, 4.69) is 10.1 Å². The number of methoxy groups -OCH3 is 1. The van der Waals surface area contributed by atoms with Crippen molar-refractivity contribution in [2.24, 2.45) is 0 Å². The highest BCUT2D eigenvalue weighted by Crippen LogP contribution is 2.44. The van der Waals surface area contributed by atoms with Crippen LogP contribution in [0.2, 0.25) is 0 Å². The van der Waals surface area contributed by atoms with Crippen LogP contribution >= 0.6 is 12.3 Å². The average molecular weight is 584 g/mol. The standard InChI is InChI=1S/C25H29F4N7O3S/c1-24(2,3)39-23(37)34-9-7-14(8-10-34)15-5-6-17(32-12-15)20-19(25(26,27)28)21(36(33-20)40-29)16-11-18(38-4)22(30)35(31)13-16/h5-6,11-14,30H,7-10,31H2,1-4H3. The second-order valence-corrected chi connectivity index (χ2v) is 10.8. The molecule has 1 aliphatic heterocycles. The molecule has 0 spiro atoms. The Morgan fingerprint density at radius 1 is 1.20 bits per heavy atom. The summed E-state index contributed by atoms with van der Waals surface area (Å²) in [5, 5.41) is 11.8. The van der Waals surface area contributed by atoms with E-state index >= 15 is 0 Å². The van der Waals surface area contributed by atoms with Gasteiger partial charge >= 0.3 is 12.3 Å². The van der Waals surface area contributed by atoms with Crippen molar-refractivity contribution >= 4 is 18.4 Å². The molecule has 0 bridgehead atoms. The van der Waals surface area contributed by atoms with Crippen molar-refractivity contribution in [1.29, 1.82) is 5.41 Å². The summed E-state index contributed by atoms with van der Waals surface area (Å²) in [5.74, 6) is 5.68. The first-order valence-electron chi connectivity index (χ1n) is 12.3. The first-order chi connectivity index (χ1) is 18.7. The molecular weight excluding hydrogens is 554 g/mol. The summed E-state index contributed by atoms with van der Waals surface area (Å²) >= 11 is -0.511. The molecule has 4 rings (SSSR count). The third-order valence-corrected chi connectivity index (χ3v) is 6.80. The van der Waals surface area contributed by atoms with Crippen LogP contribution in [0.5, 0.6) is 5.75 Å². The fourth-order valence-corrected chi connectivity index (χ4v) is 4.91. The number of aromatic nitrogens is 4. The molecule has 0 radical (unpaired) electrons. The first kappa shape index (κ1) is 29.2. The molecule has 15 heteroatoms. The molecule has 3 N–H and O–H groups in total. The number of likely N-dealkylation sites (tertiary alicyclic amines) is 1. The quantitative estimate of drug-likeness (QED) is 0.315. The van der Waals surface area contributed by atoms with Crippen molar-refractivity contribution in [2.75, 3.05) is 26.0 Å². The number of nitrogens with zero attached hydrogens (tertiary/aromatic N) is 5. The lowest BCUT2D eigenvalue weighted by Gasteiger charge is -2.33. The van der Waals surface area contributed by atoms with E-state index in [-0.39, 0.29) is 34.5 Å². The Labute approximate surface area is 232 Å². The Morgan fingerprint density at radius 2 is 1.88 bits per heavy atom. The van der Waals surface area contributed by atoms with E-state index in [1.807, 2.05) is 0 Å². The molecule has 40 heavy (non-hydrogen) atoms. The molecule has 3 aromatic heterocycles. The monoisotopic (exact) mass is 583 g/mol. The van der Waals surface area contributed by atoms with Crippen molar-refractivity contribution in [3.8, 4) is 28.4 Å². The maximum absolute atomic E-state index is 14.4. The van der Waals surface area contributed by atoms with Gasteiger partial charge in [0.15, 0.2) is 23.6 Å². The molecule has 1 saturated heterocycles. The third kappa shape index (κ3) is 6.03. The second-order valence-electron chi connectivity index (χ2n) is 10.3. The largest absolute Gasteiger partial charge is 0.493 e. The molecule has 1 amide bonds. The molecule has 0 unspecified atom stereocenters. The highest BCUT2D eigenvalue weighted by molar-refractivity contribution is 7.92. The van der Waals surface area contributed by atoms with Gasteiger partial charge < -0.3 is 20.2 Å². The molecule has 0 aliphatic carbocycles. The van der Waals surface area contributed by atoms with Crippen LogP contribution in [0.3, 0.4) is 0 Å². The van der Waals surface area contributed by atoms with Gasteiger partial charge in [0.2, 0.25) is 0 Å². The number of nitrogen functional groups attached to an aromatic ring is 1. The Bertz CT molecular complexity index is 1440. The van der Waals surface area contributed by atoms with Gasteiger partial charge in [-0.3, -0.25) is 10.4 Å². The predicted octanol–water partition coefficient (Wildman–Crippen LogP) is 5.13. The van der Waals surface area contributed by atoms with Crippen molar-refractivity contribution < 1.29 is 31.3 Å². The van der Waals surface area contributed by atoms with Gasteiger partial charge in [-0.15, -0.1) is 3.89 Å². The van der Waals surface area contributed by atoms with Gasteiger partial charge in [0.05, 0.1) is 18.5 Å². The minimum absolute atomic E-state index is 0.0488. The molecule has 1 aliphatic rings. The number of alkyl halides is 3. The minimum atomic E-state index is -4.93. The van der Waals surface area contributed by atoms with Crippen LogP contribution in [0.15, 0.2) is 30.6 Å². The molecule has 1 fully saturated rings. The summed E-state index contributed by atoms with van der Waals surface area (Å²) in [7, 11) is 1.24. The van der Waals surface area contributed by atoms with Crippen LogP contribution in [0.4, 0.5) is 21.9 Å². The van der Waals surface area contributed by atoms with Crippen LogP contribution in [-0.4, -0.2) is 55.6 Å². The van der Waals surface area contributed by atoms with E-state index in [1.165, 1.54) is 19.4 Å². The Balaban J connectivity index is 1.65. The van der Waals surface area contributed by atoms with Gasteiger partial charge in [-0.2, -0.15) is 22.4 Å². The number of carbonyl (C=O) groups excluding carboxylic acids is 1. The summed E-state index contributed by atoms with van der Waals surface area (Å²) in [4.78, 5) is 18.2. The van der Waals surface area contributed by atoms with Gasteiger partial charge in [-0.05, 0) is 57.2 Å². The summed E-state index contributed by atoms with van der Waals surface area (Å²) in [6.07, 6.45) is -1.49. The number of halogens is 4. The second kappa shape index (κ2) is 11.0. The Hall–Kier alpha value is -3.75. The van der Waals surface area contributed by atoms with E-state index in [0.717, 1.165) is 22.5 Å². The zero-order chi connectivity index (χ0) is 29.4. The summed E-state index contributed by atoms with van der Waals surface area (Å²) in [6, 6.07) is 4.25. The van der Waals surface area contributed by atoms with Gasteiger partial charge in [0.1, 0.15) is 16.9 Å². The summed E-state index contributed by atoms with van der Waals surface area (Å²) in [5.41, 5.74) is -2.69. The first-order valence-corrected chi connectivity index (χ1v) is 12.9. The fraction of sp³-hybridized carbons (Fsp3) is 0.440. The van der Waals surface area contributed by atoms with E-state index in [0.29, 0.717) is 30.0 Å². The SMILES string of the molecule is COc1cc(-c2c(C(F)(F)F)c(-c3ccc(C4CCN(C(=O)OC(C)(C)C)CC4)cn3)nn2SF)cn(N)c1=N. The third-order valence-electron chi connectivity index (χ3n) is 6.40. The summed E-state index contributed by atoms with van der Waals surface area (Å²) in [6.45, 7) is 6.34. The van der Waals surface area contributed by atoms with Gasteiger partial charge in [0.25, 0.3) is 0 Å². The lowest BCUT2D eigenvalue weighted by molar-refractivity contribution is -0.136. The molecular formula is C25H29F4N7O3S. The lowest BCUT2D eigenvalue weighted by atomic mass is 9.90. The van der Waals surface area contributed by atoms with Gasteiger partial charge in [0, 0.05) is 31.0 Å². The van der Waals surface area contributed by atoms with Crippen LogP contribution in [-0.2, 0) is 10.9 Å². The molecule has 0 atom stereocenters. The highest BCUT2D eigenvalue weighted by Gasteiger charge is 2.42. The maximum Gasteiger partial charge on any atom is 0.420 e. The van der Waals surface area contributed by atoms with Crippen molar-refractivity contribution in [3.05, 3.63) is 47.2 Å². The minimum Gasteiger partial charge on any atom is -0.493 e. The average Bonchev–Trinajstić information content (AvgIpc) is 3.30. The van der Waals surface area contributed by atoms with Crippen LogP contribution in [0.1, 0.15) is 50.7 Å². The molecule has 0 saturated carbocycles. The van der Waals surface area contributed by atoms with E-state index < -0.39 is 41.1 Å². The van der Waals surface area contributed by atoms with E-state index in [9.17, 15) is 21.9 Å². The topological polar surface area (TPSA) is 124 Å². The van der Waals surface area contributed by atoms with Crippen molar-refractivity contribution in [2.45, 2.75) is 51.3 Å². The normalized spacial score (nSPS) is 14.8.